The van der Waals surface area contributed by atoms with E-state index in [0.717, 1.165) is 19.4 Å². The second-order valence-corrected chi connectivity index (χ2v) is 5.99. The van der Waals surface area contributed by atoms with Gasteiger partial charge in [-0.1, -0.05) is 34.6 Å². The normalized spacial score (nSPS) is 12.2. The zero-order valence-corrected chi connectivity index (χ0v) is 13.0. The second-order valence-electron chi connectivity index (χ2n) is 5.99. The van der Waals surface area contributed by atoms with Crippen molar-refractivity contribution in [2.45, 2.75) is 66.3 Å². The Morgan fingerprint density at radius 1 is 1.11 bits per heavy atom. The Labute approximate surface area is 113 Å². The van der Waals surface area contributed by atoms with Gasteiger partial charge in [0.2, 0.25) is 0 Å². The predicted molar refractivity (Wildman–Crippen MR) is 76.6 cm³/mol. The summed E-state index contributed by atoms with van der Waals surface area (Å²) >= 11 is 0. The number of esters is 1. The summed E-state index contributed by atoms with van der Waals surface area (Å²) < 4.78 is 5.13. The summed E-state index contributed by atoms with van der Waals surface area (Å²) in [7, 11) is 0. The quantitative estimate of drug-likeness (QED) is 0.644. The highest BCUT2D eigenvalue weighted by Crippen LogP contribution is 2.28. The minimum absolute atomic E-state index is 0.0836. The van der Waals surface area contributed by atoms with E-state index in [-0.39, 0.29) is 11.5 Å². The van der Waals surface area contributed by atoms with Gasteiger partial charge in [0.1, 0.15) is 0 Å². The highest BCUT2D eigenvalue weighted by atomic mass is 16.5. The number of ether oxygens (including phenoxy) is 1. The standard InChI is InChI=1S/C15H31NO2/c1-7-16-15(9-12(3)4,10-13(5)6)11-14(17)18-8-2/h12-13,16H,7-11H2,1-6H3. The number of rotatable bonds is 9. The van der Waals surface area contributed by atoms with Crippen molar-refractivity contribution in [1.82, 2.24) is 5.32 Å². The maximum absolute atomic E-state index is 11.8. The van der Waals surface area contributed by atoms with Crippen LogP contribution < -0.4 is 5.32 Å². The van der Waals surface area contributed by atoms with E-state index in [1.807, 2.05) is 6.92 Å². The number of carbonyl (C=O) groups excluding carboxylic acids is 1. The lowest BCUT2D eigenvalue weighted by Crippen LogP contribution is -2.49. The first-order valence-electron chi connectivity index (χ1n) is 7.25. The smallest absolute Gasteiger partial charge is 0.307 e. The van der Waals surface area contributed by atoms with Crippen LogP contribution in [-0.4, -0.2) is 24.7 Å². The molecule has 0 aliphatic heterocycles. The maximum atomic E-state index is 11.8. The van der Waals surface area contributed by atoms with Crippen LogP contribution in [0.25, 0.3) is 0 Å². The van der Waals surface area contributed by atoms with E-state index in [1.54, 1.807) is 0 Å². The molecule has 0 aromatic heterocycles. The van der Waals surface area contributed by atoms with E-state index in [2.05, 4.69) is 39.9 Å². The van der Waals surface area contributed by atoms with Crippen molar-refractivity contribution in [2.24, 2.45) is 11.8 Å². The Morgan fingerprint density at radius 3 is 1.94 bits per heavy atom. The van der Waals surface area contributed by atoms with Crippen LogP contribution in [0.5, 0.6) is 0 Å². The average Bonchev–Trinajstić information content (AvgIpc) is 2.14. The Morgan fingerprint density at radius 2 is 1.61 bits per heavy atom. The summed E-state index contributed by atoms with van der Waals surface area (Å²) in [5.41, 5.74) is -0.108. The molecule has 0 aromatic rings. The zero-order valence-electron chi connectivity index (χ0n) is 13.0. The summed E-state index contributed by atoms with van der Waals surface area (Å²) in [6, 6.07) is 0. The minimum Gasteiger partial charge on any atom is -0.466 e. The van der Waals surface area contributed by atoms with E-state index in [4.69, 9.17) is 4.74 Å². The molecule has 0 saturated heterocycles. The second kappa shape index (κ2) is 8.52. The Kier molecular flexibility index (Phi) is 8.25. The average molecular weight is 257 g/mol. The van der Waals surface area contributed by atoms with Crippen molar-refractivity contribution in [1.29, 1.82) is 0 Å². The van der Waals surface area contributed by atoms with Crippen molar-refractivity contribution in [3.8, 4) is 0 Å². The van der Waals surface area contributed by atoms with Crippen LogP contribution in [0.2, 0.25) is 0 Å². The summed E-state index contributed by atoms with van der Waals surface area (Å²) in [6.45, 7) is 14.1. The molecule has 0 rings (SSSR count). The van der Waals surface area contributed by atoms with Gasteiger partial charge in [-0.15, -0.1) is 0 Å². The first-order valence-corrected chi connectivity index (χ1v) is 7.25. The van der Waals surface area contributed by atoms with Crippen molar-refractivity contribution in [3.63, 3.8) is 0 Å². The van der Waals surface area contributed by atoms with Gasteiger partial charge in [-0.05, 0) is 38.1 Å². The van der Waals surface area contributed by atoms with E-state index in [9.17, 15) is 4.79 Å². The molecular weight excluding hydrogens is 226 g/mol. The summed E-state index contributed by atoms with van der Waals surface area (Å²) in [5.74, 6) is 1.05. The number of carbonyl (C=O) groups is 1. The van der Waals surface area contributed by atoms with Gasteiger partial charge in [-0.2, -0.15) is 0 Å². The van der Waals surface area contributed by atoms with Gasteiger partial charge in [-0.3, -0.25) is 4.79 Å². The van der Waals surface area contributed by atoms with Crippen molar-refractivity contribution in [3.05, 3.63) is 0 Å². The molecular formula is C15H31NO2. The summed E-state index contributed by atoms with van der Waals surface area (Å²) in [4.78, 5) is 11.8. The van der Waals surface area contributed by atoms with Gasteiger partial charge in [0.25, 0.3) is 0 Å². The topological polar surface area (TPSA) is 38.3 Å². The Balaban J connectivity index is 4.86. The fourth-order valence-electron chi connectivity index (χ4n) is 2.86. The van der Waals surface area contributed by atoms with Gasteiger partial charge >= 0.3 is 5.97 Å². The van der Waals surface area contributed by atoms with Crippen molar-refractivity contribution < 1.29 is 9.53 Å². The predicted octanol–water partition coefficient (Wildman–Crippen LogP) is 3.38. The monoisotopic (exact) mass is 257 g/mol. The maximum Gasteiger partial charge on any atom is 0.307 e. The lowest BCUT2D eigenvalue weighted by atomic mass is 9.79. The largest absolute Gasteiger partial charge is 0.466 e. The van der Waals surface area contributed by atoms with Gasteiger partial charge < -0.3 is 10.1 Å². The first-order chi connectivity index (χ1) is 8.35. The molecule has 0 heterocycles. The van der Waals surface area contributed by atoms with Crippen LogP contribution >= 0.6 is 0 Å². The lowest BCUT2D eigenvalue weighted by Gasteiger charge is -2.37. The third kappa shape index (κ3) is 7.00. The molecule has 1 N–H and O–H groups in total. The fraction of sp³-hybridized carbons (Fsp3) is 0.933. The fourth-order valence-corrected chi connectivity index (χ4v) is 2.86. The van der Waals surface area contributed by atoms with Crippen molar-refractivity contribution in [2.75, 3.05) is 13.2 Å². The van der Waals surface area contributed by atoms with Crippen LogP contribution in [-0.2, 0) is 9.53 Å². The lowest BCUT2D eigenvalue weighted by molar-refractivity contribution is -0.145. The van der Waals surface area contributed by atoms with Gasteiger partial charge in [0.05, 0.1) is 13.0 Å². The molecule has 0 aliphatic rings. The van der Waals surface area contributed by atoms with E-state index in [0.29, 0.717) is 24.9 Å². The molecule has 3 nitrogen and oxygen atoms in total. The van der Waals surface area contributed by atoms with Gasteiger partial charge in [-0.25, -0.2) is 0 Å². The van der Waals surface area contributed by atoms with Crippen LogP contribution in [0.15, 0.2) is 0 Å². The summed E-state index contributed by atoms with van der Waals surface area (Å²) in [5, 5.41) is 3.55. The van der Waals surface area contributed by atoms with Crippen LogP contribution in [0.3, 0.4) is 0 Å². The minimum atomic E-state index is -0.108. The molecule has 0 fully saturated rings. The molecule has 0 atom stereocenters. The summed E-state index contributed by atoms with van der Waals surface area (Å²) in [6.07, 6.45) is 2.50. The first kappa shape index (κ1) is 17.4. The van der Waals surface area contributed by atoms with Crippen molar-refractivity contribution >= 4 is 5.97 Å². The third-order valence-electron chi connectivity index (χ3n) is 2.94. The highest BCUT2D eigenvalue weighted by Gasteiger charge is 2.33. The van der Waals surface area contributed by atoms with Gasteiger partial charge in [0, 0.05) is 5.54 Å². The molecule has 3 heteroatoms. The van der Waals surface area contributed by atoms with Gasteiger partial charge in [0.15, 0.2) is 0 Å². The van der Waals surface area contributed by atoms with Crippen LogP contribution in [0.1, 0.15) is 60.8 Å². The van der Waals surface area contributed by atoms with Crippen LogP contribution in [0, 0.1) is 11.8 Å². The third-order valence-corrected chi connectivity index (χ3v) is 2.94. The molecule has 0 spiro atoms. The molecule has 0 saturated carbocycles. The SMILES string of the molecule is CCNC(CC(=O)OCC)(CC(C)C)CC(C)C. The Hall–Kier alpha value is -0.570. The van der Waals surface area contributed by atoms with Crippen LogP contribution in [0.4, 0.5) is 0 Å². The number of nitrogens with one attached hydrogen (secondary N) is 1. The number of hydrogen-bond acceptors (Lipinski definition) is 3. The molecule has 108 valence electrons. The zero-order chi connectivity index (χ0) is 14.2. The van der Waals surface area contributed by atoms with E-state index >= 15 is 0 Å². The molecule has 18 heavy (non-hydrogen) atoms. The molecule has 0 unspecified atom stereocenters. The molecule has 0 aromatic carbocycles. The van der Waals surface area contributed by atoms with E-state index < -0.39 is 0 Å². The number of hydrogen-bond donors (Lipinski definition) is 1. The van der Waals surface area contributed by atoms with E-state index in [1.165, 1.54) is 0 Å². The Bertz CT molecular complexity index is 227. The molecule has 0 bridgehead atoms. The molecule has 0 aliphatic carbocycles. The molecule has 0 amide bonds. The highest BCUT2D eigenvalue weighted by molar-refractivity contribution is 5.70. The molecule has 0 radical (unpaired) electrons.